The molecular weight excluding hydrogens is 332 g/mol. The maximum Gasteiger partial charge on any atom is 0.336 e. The SMILES string of the molecule is CC(C)CCN=C(N)SCc1cc(=O)oc2ccc3ccccc3c12. The van der Waals surface area contributed by atoms with Gasteiger partial charge >= 0.3 is 5.63 Å². The summed E-state index contributed by atoms with van der Waals surface area (Å²) in [6.07, 6.45) is 1.02. The number of nitrogens with zero attached hydrogens (tertiary/aromatic N) is 1. The Hall–Kier alpha value is -2.27. The van der Waals surface area contributed by atoms with Gasteiger partial charge in [0, 0.05) is 23.8 Å². The second-order valence-electron chi connectivity index (χ2n) is 6.44. The first kappa shape index (κ1) is 17.5. The number of fused-ring (bicyclic) bond motifs is 3. The van der Waals surface area contributed by atoms with E-state index < -0.39 is 0 Å². The summed E-state index contributed by atoms with van der Waals surface area (Å²) in [7, 11) is 0. The van der Waals surface area contributed by atoms with Gasteiger partial charge in [0.1, 0.15) is 5.58 Å². The molecule has 2 aromatic carbocycles. The Kier molecular flexibility index (Phi) is 5.43. The van der Waals surface area contributed by atoms with Gasteiger partial charge in [-0.2, -0.15) is 0 Å². The molecule has 0 saturated carbocycles. The lowest BCUT2D eigenvalue weighted by atomic mass is 10.0. The molecule has 0 bridgehead atoms. The maximum atomic E-state index is 11.9. The van der Waals surface area contributed by atoms with Crippen molar-refractivity contribution in [2.24, 2.45) is 16.6 Å². The fourth-order valence-electron chi connectivity index (χ4n) is 2.76. The van der Waals surface area contributed by atoms with Crippen molar-refractivity contribution in [3.8, 4) is 0 Å². The minimum absolute atomic E-state index is 0.339. The second-order valence-corrected chi connectivity index (χ2v) is 7.44. The minimum Gasteiger partial charge on any atom is -0.423 e. The molecule has 4 nitrogen and oxygen atoms in total. The van der Waals surface area contributed by atoms with Crippen molar-refractivity contribution in [1.82, 2.24) is 0 Å². The van der Waals surface area contributed by atoms with Crippen molar-refractivity contribution >= 4 is 38.7 Å². The largest absolute Gasteiger partial charge is 0.423 e. The predicted octanol–water partition coefficient (Wildman–Crippen LogP) is 4.54. The van der Waals surface area contributed by atoms with Gasteiger partial charge in [0.05, 0.1) is 0 Å². The number of aliphatic imine (C=N–C) groups is 1. The molecule has 0 saturated heterocycles. The molecular formula is C20H22N2O2S. The molecule has 0 fully saturated rings. The Morgan fingerprint density at radius 1 is 1.24 bits per heavy atom. The van der Waals surface area contributed by atoms with E-state index in [1.807, 2.05) is 30.3 Å². The molecule has 0 aliphatic heterocycles. The zero-order chi connectivity index (χ0) is 17.8. The lowest BCUT2D eigenvalue weighted by Crippen LogP contribution is -2.09. The minimum atomic E-state index is -0.339. The molecule has 0 amide bonds. The molecule has 3 aromatic rings. The summed E-state index contributed by atoms with van der Waals surface area (Å²) in [4.78, 5) is 16.3. The number of benzene rings is 2. The van der Waals surface area contributed by atoms with Crippen LogP contribution in [0.5, 0.6) is 0 Å². The average Bonchev–Trinajstić information content (AvgIpc) is 2.58. The Morgan fingerprint density at radius 3 is 2.84 bits per heavy atom. The number of nitrogens with two attached hydrogens (primary N) is 1. The highest BCUT2D eigenvalue weighted by atomic mass is 32.2. The molecule has 0 aliphatic carbocycles. The van der Waals surface area contributed by atoms with Gasteiger partial charge in [-0.3, -0.25) is 4.99 Å². The third kappa shape index (κ3) is 4.23. The predicted molar refractivity (Wildman–Crippen MR) is 107 cm³/mol. The number of hydrogen-bond acceptors (Lipinski definition) is 4. The van der Waals surface area contributed by atoms with E-state index in [0.29, 0.717) is 22.4 Å². The zero-order valence-electron chi connectivity index (χ0n) is 14.5. The monoisotopic (exact) mass is 354 g/mol. The van der Waals surface area contributed by atoms with Crippen LogP contribution in [0.3, 0.4) is 0 Å². The summed E-state index contributed by atoms with van der Waals surface area (Å²) in [5, 5.41) is 3.73. The van der Waals surface area contributed by atoms with Crippen LogP contribution in [-0.2, 0) is 5.75 Å². The van der Waals surface area contributed by atoms with E-state index in [9.17, 15) is 4.79 Å². The molecule has 1 aromatic heterocycles. The smallest absolute Gasteiger partial charge is 0.336 e. The number of amidine groups is 1. The molecule has 0 radical (unpaired) electrons. The van der Waals surface area contributed by atoms with E-state index in [2.05, 4.69) is 24.9 Å². The Bertz CT molecular complexity index is 976. The molecule has 3 rings (SSSR count). The molecule has 0 spiro atoms. The normalized spacial score (nSPS) is 12.4. The number of rotatable bonds is 5. The van der Waals surface area contributed by atoms with E-state index in [1.165, 1.54) is 11.8 Å². The van der Waals surface area contributed by atoms with Gasteiger partial charge in [0.25, 0.3) is 0 Å². The highest BCUT2D eigenvalue weighted by molar-refractivity contribution is 8.13. The number of hydrogen-bond donors (Lipinski definition) is 1. The van der Waals surface area contributed by atoms with Gasteiger partial charge in [-0.25, -0.2) is 4.79 Å². The van der Waals surface area contributed by atoms with Gasteiger partial charge in [-0.05, 0) is 34.7 Å². The van der Waals surface area contributed by atoms with E-state index in [4.69, 9.17) is 10.2 Å². The van der Waals surface area contributed by atoms with Crippen molar-refractivity contribution < 1.29 is 4.42 Å². The fourth-order valence-corrected chi connectivity index (χ4v) is 3.48. The van der Waals surface area contributed by atoms with Crippen LogP contribution >= 0.6 is 11.8 Å². The van der Waals surface area contributed by atoms with Crippen LogP contribution in [0.4, 0.5) is 0 Å². The van der Waals surface area contributed by atoms with Crippen molar-refractivity contribution in [2.45, 2.75) is 26.0 Å². The van der Waals surface area contributed by atoms with Gasteiger partial charge in [-0.1, -0.05) is 55.9 Å². The molecule has 0 atom stereocenters. The summed E-state index contributed by atoms with van der Waals surface area (Å²) in [6.45, 7) is 5.07. The fraction of sp³-hybridized carbons (Fsp3) is 0.300. The summed E-state index contributed by atoms with van der Waals surface area (Å²) in [5.41, 5.74) is 7.21. The van der Waals surface area contributed by atoms with Crippen molar-refractivity contribution in [3.63, 3.8) is 0 Å². The molecule has 25 heavy (non-hydrogen) atoms. The van der Waals surface area contributed by atoms with Crippen LogP contribution < -0.4 is 11.4 Å². The Labute approximate surface area is 151 Å². The van der Waals surface area contributed by atoms with E-state index in [0.717, 1.165) is 34.7 Å². The summed E-state index contributed by atoms with van der Waals surface area (Å²) < 4.78 is 5.38. The molecule has 0 aliphatic rings. The molecule has 1 heterocycles. The van der Waals surface area contributed by atoms with E-state index in [-0.39, 0.29) is 5.63 Å². The zero-order valence-corrected chi connectivity index (χ0v) is 15.3. The lowest BCUT2D eigenvalue weighted by Gasteiger charge is -2.08. The highest BCUT2D eigenvalue weighted by Crippen LogP contribution is 2.29. The molecule has 130 valence electrons. The second kappa shape index (κ2) is 7.74. The third-order valence-electron chi connectivity index (χ3n) is 4.06. The van der Waals surface area contributed by atoms with Crippen molar-refractivity contribution in [3.05, 3.63) is 58.4 Å². The summed E-state index contributed by atoms with van der Waals surface area (Å²) in [5.74, 6) is 1.20. The average molecular weight is 354 g/mol. The molecule has 0 unspecified atom stereocenters. The van der Waals surface area contributed by atoms with Crippen LogP contribution in [0.25, 0.3) is 21.7 Å². The standard InChI is InChI=1S/C20H22N2O2S/c1-13(2)9-10-22-20(21)25-12-15-11-18(23)24-17-8-7-14-5-3-4-6-16(14)19(15)17/h3-8,11,13H,9-10,12H2,1-2H3,(H2,21,22). The van der Waals surface area contributed by atoms with E-state index in [1.54, 1.807) is 6.07 Å². The number of thioether (sulfide) groups is 1. The summed E-state index contributed by atoms with van der Waals surface area (Å²) in [6, 6.07) is 13.5. The first-order chi connectivity index (χ1) is 12.0. The van der Waals surface area contributed by atoms with Crippen LogP contribution in [0.15, 0.2) is 56.7 Å². The third-order valence-corrected chi connectivity index (χ3v) is 4.94. The van der Waals surface area contributed by atoms with Crippen LogP contribution in [0.2, 0.25) is 0 Å². The molecule has 2 N–H and O–H groups in total. The maximum absolute atomic E-state index is 11.9. The Balaban J connectivity index is 1.93. The van der Waals surface area contributed by atoms with Crippen LogP contribution in [0.1, 0.15) is 25.8 Å². The van der Waals surface area contributed by atoms with Gasteiger partial charge < -0.3 is 10.2 Å². The topological polar surface area (TPSA) is 68.6 Å². The lowest BCUT2D eigenvalue weighted by molar-refractivity contribution is 0.560. The quantitative estimate of drug-likeness (QED) is 0.316. The van der Waals surface area contributed by atoms with E-state index >= 15 is 0 Å². The first-order valence-electron chi connectivity index (χ1n) is 8.42. The molecule has 5 heteroatoms. The first-order valence-corrected chi connectivity index (χ1v) is 9.40. The Morgan fingerprint density at radius 2 is 2.04 bits per heavy atom. The summed E-state index contributed by atoms with van der Waals surface area (Å²) >= 11 is 1.46. The van der Waals surface area contributed by atoms with Crippen molar-refractivity contribution in [2.75, 3.05) is 6.54 Å². The van der Waals surface area contributed by atoms with Crippen LogP contribution in [-0.4, -0.2) is 11.7 Å². The highest BCUT2D eigenvalue weighted by Gasteiger charge is 2.10. The van der Waals surface area contributed by atoms with Gasteiger partial charge in [0.15, 0.2) is 5.17 Å². The van der Waals surface area contributed by atoms with Gasteiger partial charge in [-0.15, -0.1) is 0 Å². The van der Waals surface area contributed by atoms with Crippen molar-refractivity contribution in [1.29, 1.82) is 0 Å². The van der Waals surface area contributed by atoms with Gasteiger partial charge in [0.2, 0.25) is 0 Å². The van der Waals surface area contributed by atoms with Crippen LogP contribution in [0, 0.1) is 5.92 Å².